The molecule has 2 aromatic heterocycles. The summed E-state index contributed by atoms with van der Waals surface area (Å²) in [6.07, 6.45) is 1.48. The number of halogens is 1. The van der Waals surface area contributed by atoms with Crippen molar-refractivity contribution in [1.29, 1.82) is 0 Å². The lowest BCUT2D eigenvalue weighted by Crippen LogP contribution is -2.06. The fourth-order valence-corrected chi connectivity index (χ4v) is 2.11. The molecule has 0 amide bonds. The van der Waals surface area contributed by atoms with Crippen LogP contribution in [0.3, 0.4) is 0 Å². The Labute approximate surface area is 122 Å². The first kappa shape index (κ1) is 13.2. The van der Waals surface area contributed by atoms with Crippen LogP contribution in [-0.4, -0.2) is 14.9 Å². The molecule has 0 saturated carbocycles. The molecule has 104 valence electrons. The number of aromatic nitrogens is 2. The number of nitrogens with zero attached hydrogens (tertiary/aromatic N) is 3. The summed E-state index contributed by atoms with van der Waals surface area (Å²) >= 11 is 5.92. The minimum absolute atomic E-state index is 0.0360. The van der Waals surface area contributed by atoms with Crippen LogP contribution in [0.2, 0.25) is 5.15 Å². The first-order chi connectivity index (χ1) is 10.1. The number of pyridine rings is 1. The van der Waals surface area contributed by atoms with E-state index in [1.54, 1.807) is 12.1 Å². The van der Waals surface area contributed by atoms with Gasteiger partial charge in [-0.15, -0.1) is 0 Å². The zero-order valence-electron chi connectivity index (χ0n) is 10.3. The van der Waals surface area contributed by atoms with Gasteiger partial charge in [0.05, 0.1) is 16.0 Å². The second-order valence-corrected chi connectivity index (χ2v) is 4.43. The Kier molecular flexibility index (Phi) is 3.11. The zero-order valence-corrected chi connectivity index (χ0v) is 11.1. The van der Waals surface area contributed by atoms with Gasteiger partial charge in [0.2, 0.25) is 5.89 Å². The molecule has 0 bridgehead atoms. The third kappa shape index (κ3) is 2.23. The van der Waals surface area contributed by atoms with Gasteiger partial charge in [-0.2, -0.15) is 0 Å². The van der Waals surface area contributed by atoms with Crippen LogP contribution in [0.5, 0.6) is 0 Å². The number of nitro benzene ring substituents is 1. The standard InChI is InChI=1S/C13H6ClN3O4/c14-11-7(3-2-6-15-11)12-16-8-4-1-5-9(17(19)20)10(8)13(18)21-12/h1-6H. The van der Waals surface area contributed by atoms with Crippen LogP contribution >= 0.6 is 11.6 Å². The molecular formula is C13H6ClN3O4. The minimum atomic E-state index is -0.845. The second-order valence-electron chi connectivity index (χ2n) is 4.08. The summed E-state index contributed by atoms with van der Waals surface area (Å²) in [5.74, 6) is -0.0360. The molecule has 21 heavy (non-hydrogen) atoms. The van der Waals surface area contributed by atoms with Crippen molar-refractivity contribution in [2.75, 3.05) is 0 Å². The highest BCUT2D eigenvalue weighted by atomic mass is 35.5. The molecule has 7 nitrogen and oxygen atoms in total. The number of fused-ring (bicyclic) bond motifs is 1. The predicted octanol–water partition coefficient (Wildman–Crippen LogP) is 2.81. The largest absolute Gasteiger partial charge is 0.403 e. The van der Waals surface area contributed by atoms with Crippen LogP contribution in [0.1, 0.15) is 0 Å². The Hall–Kier alpha value is -2.80. The van der Waals surface area contributed by atoms with Crippen molar-refractivity contribution in [2.24, 2.45) is 0 Å². The van der Waals surface area contributed by atoms with Gasteiger partial charge in [0, 0.05) is 12.3 Å². The molecule has 0 radical (unpaired) electrons. The van der Waals surface area contributed by atoms with Gasteiger partial charge in [-0.25, -0.2) is 14.8 Å². The van der Waals surface area contributed by atoms with Gasteiger partial charge in [0.15, 0.2) is 5.39 Å². The van der Waals surface area contributed by atoms with E-state index in [1.807, 2.05) is 0 Å². The van der Waals surface area contributed by atoms with Gasteiger partial charge in [-0.3, -0.25) is 10.1 Å². The predicted molar refractivity (Wildman–Crippen MR) is 75.2 cm³/mol. The molecule has 0 N–H and O–H groups in total. The molecule has 0 aliphatic carbocycles. The first-order valence-electron chi connectivity index (χ1n) is 5.77. The van der Waals surface area contributed by atoms with Gasteiger partial charge >= 0.3 is 5.63 Å². The highest BCUT2D eigenvalue weighted by molar-refractivity contribution is 6.31. The van der Waals surface area contributed by atoms with Crippen molar-refractivity contribution in [2.45, 2.75) is 0 Å². The van der Waals surface area contributed by atoms with Crippen molar-refractivity contribution in [3.05, 3.63) is 62.2 Å². The molecule has 2 heterocycles. The van der Waals surface area contributed by atoms with Crippen LogP contribution < -0.4 is 5.63 Å². The van der Waals surface area contributed by atoms with Crippen molar-refractivity contribution in [3.63, 3.8) is 0 Å². The fraction of sp³-hybridized carbons (Fsp3) is 0. The van der Waals surface area contributed by atoms with Crippen molar-refractivity contribution >= 4 is 28.2 Å². The Bertz CT molecular complexity index is 923. The lowest BCUT2D eigenvalue weighted by atomic mass is 10.2. The van der Waals surface area contributed by atoms with Gasteiger partial charge in [0.25, 0.3) is 5.69 Å². The highest BCUT2D eigenvalue weighted by Gasteiger charge is 2.19. The van der Waals surface area contributed by atoms with Crippen LogP contribution in [-0.2, 0) is 0 Å². The van der Waals surface area contributed by atoms with Crippen LogP contribution in [0.25, 0.3) is 22.4 Å². The smallest absolute Gasteiger partial charge is 0.354 e. The first-order valence-corrected chi connectivity index (χ1v) is 6.15. The number of benzene rings is 1. The second kappa shape index (κ2) is 4.95. The Morgan fingerprint density at radius 2 is 2.05 bits per heavy atom. The maximum Gasteiger partial charge on any atom is 0.354 e. The molecular weight excluding hydrogens is 298 g/mol. The van der Waals surface area contributed by atoms with Crippen LogP contribution in [0.15, 0.2) is 45.7 Å². The monoisotopic (exact) mass is 303 g/mol. The molecule has 0 atom stereocenters. The summed E-state index contributed by atoms with van der Waals surface area (Å²) in [6.45, 7) is 0. The van der Waals surface area contributed by atoms with E-state index in [2.05, 4.69) is 9.97 Å². The maximum absolute atomic E-state index is 12.0. The Morgan fingerprint density at radius 1 is 1.24 bits per heavy atom. The van der Waals surface area contributed by atoms with Crippen LogP contribution in [0.4, 0.5) is 5.69 Å². The van der Waals surface area contributed by atoms with Crippen LogP contribution in [0, 0.1) is 10.1 Å². The van der Waals surface area contributed by atoms with E-state index in [0.29, 0.717) is 5.56 Å². The number of hydrogen-bond acceptors (Lipinski definition) is 6. The summed E-state index contributed by atoms with van der Waals surface area (Å²) < 4.78 is 5.05. The van der Waals surface area contributed by atoms with E-state index < -0.39 is 10.5 Å². The topological polar surface area (TPSA) is 99.1 Å². The summed E-state index contributed by atoms with van der Waals surface area (Å²) in [7, 11) is 0. The quantitative estimate of drug-likeness (QED) is 0.410. The molecule has 1 aromatic carbocycles. The molecule has 3 aromatic rings. The third-order valence-corrected chi connectivity index (χ3v) is 3.12. The van der Waals surface area contributed by atoms with Crippen molar-refractivity contribution < 1.29 is 9.34 Å². The summed E-state index contributed by atoms with van der Waals surface area (Å²) in [5.41, 5.74) is -0.695. The molecule has 0 aliphatic rings. The molecule has 3 rings (SSSR count). The normalized spacial score (nSPS) is 10.7. The number of rotatable bonds is 2. The van der Waals surface area contributed by atoms with E-state index in [0.717, 1.165) is 0 Å². The van der Waals surface area contributed by atoms with E-state index in [4.69, 9.17) is 16.0 Å². The van der Waals surface area contributed by atoms with Crippen molar-refractivity contribution in [3.8, 4) is 11.5 Å². The molecule has 0 spiro atoms. The average Bonchev–Trinajstić information content (AvgIpc) is 2.46. The molecule has 0 aliphatic heterocycles. The van der Waals surface area contributed by atoms with Gasteiger partial charge in [0.1, 0.15) is 5.15 Å². The zero-order chi connectivity index (χ0) is 15.0. The maximum atomic E-state index is 12.0. The Balaban J connectivity index is 2.34. The number of nitro groups is 1. The molecule has 0 saturated heterocycles. The Morgan fingerprint density at radius 3 is 2.76 bits per heavy atom. The lowest BCUT2D eigenvalue weighted by Gasteiger charge is -2.03. The molecule has 8 heteroatoms. The van der Waals surface area contributed by atoms with E-state index >= 15 is 0 Å². The fourth-order valence-electron chi connectivity index (χ4n) is 1.91. The van der Waals surface area contributed by atoms with Gasteiger partial charge in [-0.05, 0) is 18.2 Å². The third-order valence-electron chi connectivity index (χ3n) is 2.82. The van der Waals surface area contributed by atoms with Gasteiger partial charge < -0.3 is 4.42 Å². The molecule has 0 unspecified atom stereocenters. The highest BCUT2D eigenvalue weighted by Crippen LogP contribution is 2.27. The van der Waals surface area contributed by atoms with E-state index in [1.165, 1.54) is 24.4 Å². The van der Waals surface area contributed by atoms with E-state index in [-0.39, 0.29) is 27.6 Å². The summed E-state index contributed by atoms with van der Waals surface area (Å²) in [4.78, 5) is 30.3. The molecule has 0 fully saturated rings. The minimum Gasteiger partial charge on any atom is -0.403 e. The number of non-ortho nitro benzene ring substituents is 1. The van der Waals surface area contributed by atoms with Crippen molar-refractivity contribution in [1.82, 2.24) is 9.97 Å². The number of hydrogen-bond donors (Lipinski definition) is 0. The van der Waals surface area contributed by atoms with E-state index in [9.17, 15) is 14.9 Å². The lowest BCUT2D eigenvalue weighted by molar-refractivity contribution is -0.383. The summed E-state index contributed by atoms with van der Waals surface area (Å²) in [5, 5.41) is 10.9. The average molecular weight is 304 g/mol. The van der Waals surface area contributed by atoms with Gasteiger partial charge in [-0.1, -0.05) is 17.7 Å². The summed E-state index contributed by atoms with van der Waals surface area (Å²) in [6, 6.07) is 7.36. The SMILES string of the molecule is O=c1oc(-c2cccnc2Cl)nc2cccc([N+](=O)[O-])c12.